The number of primary amides is 1. The quantitative estimate of drug-likeness (QED) is 0.380. The van der Waals surface area contributed by atoms with E-state index in [2.05, 4.69) is 25.9 Å². The van der Waals surface area contributed by atoms with Crippen LogP contribution in [0.1, 0.15) is 37.0 Å². The molecule has 0 spiro atoms. The molecule has 0 unspecified atom stereocenters. The molecule has 6 N–H and O–H groups in total. The summed E-state index contributed by atoms with van der Waals surface area (Å²) in [5.41, 5.74) is 5.18. The molecule has 0 fully saturated rings. The number of hydrogen-bond acceptors (Lipinski definition) is 7. The third-order valence-electron chi connectivity index (χ3n) is 4.38. The van der Waals surface area contributed by atoms with Crippen molar-refractivity contribution >= 4 is 29.3 Å². The average molecular weight is 438 g/mol. The molecule has 2 aromatic heterocycles. The van der Waals surface area contributed by atoms with Gasteiger partial charge in [-0.15, -0.1) is 0 Å². The highest BCUT2D eigenvalue weighted by molar-refractivity contribution is 5.98. The Morgan fingerprint density at radius 2 is 1.97 bits per heavy atom. The molecule has 2 amide bonds. The summed E-state index contributed by atoms with van der Waals surface area (Å²) in [5, 5.41) is 16.8. The number of anilines is 3. The number of nitrogens with two attached hydrogens (primary N) is 1. The molecular weight excluding hydrogens is 414 g/mol. The second kappa shape index (κ2) is 10.4. The van der Waals surface area contributed by atoms with E-state index >= 15 is 0 Å². The Labute approximate surface area is 177 Å². The number of carboxylic acid groups (broad SMARTS) is 1. The van der Waals surface area contributed by atoms with Crippen LogP contribution < -0.4 is 26.4 Å². The molecule has 2 atom stereocenters. The maximum atomic E-state index is 14.6. The van der Waals surface area contributed by atoms with Crippen LogP contribution in [0.4, 0.5) is 30.9 Å². The summed E-state index contributed by atoms with van der Waals surface area (Å²) in [7, 11) is 1.26. The Balaban J connectivity index is 2.40. The molecule has 0 radical (unpaired) electrons. The minimum absolute atomic E-state index is 0.122. The number of carbonyl (C=O) groups is 2. The number of nitrogens with one attached hydrogen (secondary N) is 3. The molecule has 0 aliphatic rings. The normalized spacial score (nSPS) is 12.5. The van der Waals surface area contributed by atoms with Crippen LogP contribution in [-0.2, 0) is 0 Å². The lowest BCUT2D eigenvalue weighted by molar-refractivity contribution is 0.100. The monoisotopic (exact) mass is 438 g/mol. The number of aromatic nitrogens is 2. The number of rotatable bonds is 10. The first-order valence-corrected chi connectivity index (χ1v) is 9.39. The largest absolute Gasteiger partial charge is 0.479 e. The summed E-state index contributed by atoms with van der Waals surface area (Å²) in [5.74, 6) is -3.15. The van der Waals surface area contributed by atoms with Crippen LogP contribution in [0.25, 0.3) is 0 Å². The van der Waals surface area contributed by atoms with Crippen LogP contribution in [0.15, 0.2) is 18.3 Å². The molecule has 10 nitrogen and oxygen atoms in total. The smallest absolute Gasteiger partial charge is 0.404 e. The molecule has 2 heterocycles. The van der Waals surface area contributed by atoms with Crippen molar-refractivity contribution in [2.24, 2.45) is 5.73 Å². The van der Waals surface area contributed by atoms with Crippen molar-refractivity contribution in [2.45, 2.75) is 38.8 Å². The first-order valence-electron chi connectivity index (χ1n) is 9.39. The fourth-order valence-corrected chi connectivity index (χ4v) is 2.88. The van der Waals surface area contributed by atoms with Crippen LogP contribution in [0, 0.1) is 11.6 Å². The molecule has 0 saturated carbocycles. The molecule has 12 heteroatoms. The van der Waals surface area contributed by atoms with Crippen LogP contribution in [0.5, 0.6) is 5.88 Å². The second-order valence-electron chi connectivity index (χ2n) is 6.70. The standard InChI is InChI=1S/C19H24F2N6O4/c1-4-5-14(9(2)24-19(29)30)26-17-12(20)7-11(15(22)28)16(27-17)25-10-6-13(21)18(31-3)23-8-10/h6-9,14,24H,4-5H2,1-3H3,(H2,22,28)(H,29,30)(H2,25,26,27)/t9-,14-/m0/s1. The van der Waals surface area contributed by atoms with Gasteiger partial charge in [0.25, 0.3) is 5.91 Å². The number of nitrogens with zero attached hydrogens (tertiary/aromatic N) is 2. The van der Waals surface area contributed by atoms with Crippen molar-refractivity contribution in [3.8, 4) is 5.88 Å². The predicted octanol–water partition coefficient (Wildman–Crippen LogP) is 2.84. The molecule has 0 saturated heterocycles. The van der Waals surface area contributed by atoms with Gasteiger partial charge in [-0.05, 0) is 19.4 Å². The van der Waals surface area contributed by atoms with Gasteiger partial charge in [0.1, 0.15) is 5.82 Å². The summed E-state index contributed by atoms with van der Waals surface area (Å²) in [6, 6.07) is 0.903. The van der Waals surface area contributed by atoms with E-state index < -0.39 is 35.7 Å². The number of carbonyl (C=O) groups excluding carboxylic acids is 1. The van der Waals surface area contributed by atoms with Gasteiger partial charge in [0.15, 0.2) is 17.5 Å². The van der Waals surface area contributed by atoms with Gasteiger partial charge in [0, 0.05) is 18.2 Å². The summed E-state index contributed by atoms with van der Waals surface area (Å²) < 4.78 is 33.3. The van der Waals surface area contributed by atoms with E-state index in [1.165, 1.54) is 13.3 Å². The third-order valence-corrected chi connectivity index (χ3v) is 4.38. The van der Waals surface area contributed by atoms with E-state index in [0.29, 0.717) is 12.8 Å². The highest BCUT2D eigenvalue weighted by Crippen LogP contribution is 2.26. The zero-order valence-electron chi connectivity index (χ0n) is 17.2. The number of hydrogen-bond donors (Lipinski definition) is 5. The maximum absolute atomic E-state index is 14.6. The van der Waals surface area contributed by atoms with Crippen LogP contribution >= 0.6 is 0 Å². The van der Waals surface area contributed by atoms with Crippen LogP contribution in [0.3, 0.4) is 0 Å². The molecular formula is C19H24F2N6O4. The zero-order chi connectivity index (χ0) is 23.1. The van der Waals surface area contributed by atoms with Gasteiger partial charge in [-0.3, -0.25) is 4.79 Å². The van der Waals surface area contributed by atoms with Crippen molar-refractivity contribution in [1.82, 2.24) is 15.3 Å². The molecule has 2 rings (SSSR count). The lowest BCUT2D eigenvalue weighted by Gasteiger charge is -2.26. The molecule has 31 heavy (non-hydrogen) atoms. The number of methoxy groups -OCH3 is 1. The first-order chi connectivity index (χ1) is 14.7. The van der Waals surface area contributed by atoms with Gasteiger partial charge in [-0.25, -0.2) is 23.5 Å². The van der Waals surface area contributed by atoms with Crippen molar-refractivity contribution in [2.75, 3.05) is 17.7 Å². The van der Waals surface area contributed by atoms with Crippen molar-refractivity contribution < 1.29 is 28.2 Å². The second-order valence-corrected chi connectivity index (χ2v) is 6.70. The van der Waals surface area contributed by atoms with E-state index in [-0.39, 0.29) is 28.8 Å². The number of amides is 2. The van der Waals surface area contributed by atoms with Crippen LogP contribution in [-0.4, -0.2) is 46.3 Å². The molecule has 2 aromatic rings. The third kappa shape index (κ3) is 6.14. The molecule has 0 aromatic carbocycles. The fraction of sp³-hybridized carbons (Fsp3) is 0.368. The Hall–Kier alpha value is -3.70. The number of ether oxygens (including phenoxy) is 1. The summed E-state index contributed by atoms with van der Waals surface area (Å²) in [4.78, 5) is 30.6. The molecule has 0 bridgehead atoms. The van der Waals surface area contributed by atoms with Gasteiger partial charge >= 0.3 is 6.09 Å². The number of halogens is 2. The minimum Gasteiger partial charge on any atom is -0.479 e. The Bertz CT molecular complexity index is 959. The fourth-order valence-electron chi connectivity index (χ4n) is 2.88. The van der Waals surface area contributed by atoms with Crippen molar-refractivity contribution in [1.29, 1.82) is 0 Å². The van der Waals surface area contributed by atoms with Gasteiger partial charge in [-0.2, -0.15) is 0 Å². The molecule has 0 aliphatic carbocycles. The summed E-state index contributed by atoms with van der Waals surface area (Å²) in [6.07, 6.45) is 1.22. The van der Waals surface area contributed by atoms with E-state index in [1.807, 2.05) is 6.92 Å². The Morgan fingerprint density at radius 1 is 1.26 bits per heavy atom. The topological polar surface area (TPSA) is 151 Å². The summed E-state index contributed by atoms with van der Waals surface area (Å²) >= 11 is 0. The van der Waals surface area contributed by atoms with Gasteiger partial charge in [0.2, 0.25) is 5.88 Å². The van der Waals surface area contributed by atoms with Crippen molar-refractivity contribution in [3.05, 3.63) is 35.5 Å². The van der Waals surface area contributed by atoms with Gasteiger partial charge in [0.05, 0.1) is 24.6 Å². The minimum atomic E-state index is -1.22. The van der Waals surface area contributed by atoms with Gasteiger partial charge < -0.3 is 31.5 Å². The predicted molar refractivity (Wildman–Crippen MR) is 110 cm³/mol. The first kappa shape index (κ1) is 23.6. The highest BCUT2D eigenvalue weighted by Gasteiger charge is 2.22. The molecule has 168 valence electrons. The lowest BCUT2D eigenvalue weighted by atomic mass is 10.0. The SMILES string of the molecule is CCC[C@H](Nc1nc(Nc2cnc(OC)c(F)c2)c(C(N)=O)cc1F)[C@H](C)NC(=O)O. The van der Waals surface area contributed by atoms with E-state index in [1.54, 1.807) is 6.92 Å². The van der Waals surface area contributed by atoms with Crippen LogP contribution in [0.2, 0.25) is 0 Å². The van der Waals surface area contributed by atoms with Crippen molar-refractivity contribution in [3.63, 3.8) is 0 Å². The highest BCUT2D eigenvalue weighted by atomic mass is 19.1. The maximum Gasteiger partial charge on any atom is 0.404 e. The Kier molecular flexibility index (Phi) is 7.88. The number of pyridine rings is 2. The van der Waals surface area contributed by atoms with E-state index in [0.717, 1.165) is 12.1 Å². The van der Waals surface area contributed by atoms with Gasteiger partial charge in [-0.1, -0.05) is 13.3 Å². The van der Waals surface area contributed by atoms with E-state index in [4.69, 9.17) is 15.6 Å². The zero-order valence-corrected chi connectivity index (χ0v) is 17.2. The average Bonchev–Trinajstić information content (AvgIpc) is 2.69. The Morgan fingerprint density at radius 3 is 2.52 bits per heavy atom. The molecule has 0 aliphatic heterocycles. The lowest BCUT2D eigenvalue weighted by Crippen LogP contribution is -2.44. The van der Waals surface area contributed by atoms with E-state index in [9.17, 15) is 18.4 Å². The summed E-state index contributed by atoms with van der Waals surface area (Å²) in [6.45, 7) is 3.52.